The highest BCUT2D eigenvalue weighted by Crippen LogP contribution is 1.96. The number of hydrogen-bond acceptors (Lipinski definition) is 5. The molecule has 0 bridgehead atoms. The number of aliphatic carboxylic acids is 1. The van der Waals surface area contributed by atoms with Crippen molar-refractivity contribution in [3.63, 3.8) is 0 Å². The average Bonchev–Trinajstić information content (AvgIpc) is 2.25. The zero-order chi connectivity index (χ0) is 11.1. The normalized spacial score (nSPS) is 17.9. The molecule has 1 saturated heterocycles. The van der Waals surface area contributed by atoms with Crippen LogP contribution in [-0.4, -0.2) is 55.0 Å². The predicted octanol–water partition coefficient (Wildman–Crippen LogP) is -0.540. The predicted molar refractivity (Wildman–Crippen MR) is 50.1 cm³/mol. The molecule has 1 N–H and O–H groups in total. The number of carboxylic acid groups (broad SMARTS) is 1. The summed E-state index contributed by atoms with van der Waals surface area (Å²) < 4.78 is 9.92. The summed E-state index contributed by atoms with van der Waals surface area (Å²) in [5, 5.41) is 8.26. The Morgan fingerprint density at radius 2 is 2.00 bits per heavy atom. The third-order valence-corrected chi connectivity index (χ3v) is 1.86. The van der Waals surface area contributed by atoms with Crippen LogP contribution in [0.1, 0.15) is 0 Å². The fraction of sp³-hybridized carbons (Fsp3) is 0.556. The van der Waals surface area contributed by atoms with Crippen molar-refractivity contribution in [1.29, 1.82) is 0 Å². The van der Waals surface area contributed by atoms with Gasteiger partial charge in [-0.3, -0.25) is 4.90 Å². The van der Waals surface area contributed by atoms with Crippen LogP contribution in [0.3, 0.4) is 0 Å². The van der Waals surface area contributed by atoms with E-state index in [-0.39, 0.29) is 6.73 Å². The number of nitrogens with zero attached hydrogens (tertiary/aromatic N) is 1. The summed E-state index contributed by atoms with van der Waals surface area (Å²) in [6.45, 7) is 2.86. The highest BCUT2D eigenvalue weighted by molar-refractivity contribution is 5.90. The van der Waals surface area contributed by atoms with Gasteiger partial charge in [0.15, 0.2) is 0 Å². The SMILES string of the molecule is O=C(O)/C=C/C(=O)OCN1CCOCC1. The number of morpholine rings is 1. The molecule has 1 aliphatic heterocycles. The zero-order valence-corrected chi connectivity index (χ0v) is 8.22. The molecular weight excluding hydrogens is 202 g/mol. The Balaban J connectivity index is 2.18. The lowest BCUT2D eigenvalue weighted by Gasteiger charge is -2.25. The van der Waals surface area contributed by atoms with Gasteiger partial charge in [0.05, 0.1) is 13.2 Å². The van der Waals surface area contributed by atoms with Gasteiger partial charge in [-0.15, -0.1) is 0 Å². The Bertz CT molecular complexity index is 257. The molecule has 0 aromatic heterocycles. The minimum Gasteiger partial charge on any atom is -0.478 e. The van der Waals surface area contributed by atoms with Gasteiger partial charge in [0.25, 0.3) is 0 Å². The van der Waals surface area contributed by atoms with Crippen LogP contribution < -0.4 is 0 Å². The molecule has 0 unspecified atom stereocenters. The number of carbonyl (C=O) groups excluding carboxylic acids is 1. The van der Waals surface area contributed by atoms with Crippen LogP contribution >= 0.6 is 0 Å². The van der Waals surface area contributed by atoms with Crippen molar-refractivity contribution in [2.75, 3.05) is 33.0 Å². The number of ether oxygens (including phenoxy) is 2. The first-order valence-corrected chi connectivity index (χ1v) is 4.56. The van der Waals surface area contributed by atoms with Crippen LogP contribution in [0.5, 0.6) is 0 Å². The summed E-state index contributed by atoms with van der Waals surface area (Å²) in [6.07, 6.45) is 1.64. The summed E-state index contributed by atoms with van der Waals surface area (Å²) in [6, 6.07) is 0. The lowest BCUT2D eigenvalue weighted by atomic mass is 10.5. The van der Waals surface area contributed by atoms with Crippen LogP contribution in [0.2, 0.25) is 0 Å². The third kappa shape index (κ3) is 5.14. The molecular formula is C9H13NO5. The van der Waals surface area contributed by atoms with Gasteiger partial charge in [-0.05, 0) is 0 Å². The van der Waals surface area contributed by atoms with Crippen molar-refractivity contribution in [2.24, 2.45) is 0 Å². The van der Waals surface area contributed by atoms with Crippen LogP contribution in [0, 0.1) is 0 Å². The Kier molecular flexibility index (Phi) is 4.79. The Hall–Kier alpha value is -1.40. The summed E-state index contributed by atoms with van der Waals surface area (Å²) in [7, 11) is 0. The van der Waals surface area contributed by atoms with Crippen LogP contribution in [0.25, 0.3) is 0 Å². The molecule has 6 nitrogen and oxygen atoms in total. The molecule has 1 fully saturated rings. The lowest BCUT2D eigenvalue weighted by molar-refractivity contribution is -0.145. The van der Waals surface area contributed by atoms with Crippen molar-refractivity contribution in [3.8, 4) is 0 Å². The molecule has 0 saturated carbocycles. The summed E-state index contributed by atoms with van der Waals surface area (Å²) in [5.74, 6) is -1.82. The highest BCUT2D eigenvalue weighted by Gasteiger charge is 2.11. The molecule has 15 heavy (non-hydrogen) atoms. The van der Waals surface area contributed by atoms with E-state index in [4.69, 9.17) is 14.6 Å². The van der Waals surface area contributed by atoms with E-state index in [0.717, 1.165) is 25.2 Å². The van der Waals surface area contributed by atoms with Crippen molar-refractivity contribution in [2.45, 2.75) is 0 Å². The lowest BCUT2D eigenvalue weighted by Crippen LogP contribution is -2.38. The maximum Gasteiger partial charge on any atom is 0.332 e. The first-order chi connectivity index (χ1) is 7.18. The highest BCUT2D eigenvalue weighted by atomic mass is 16.5. The second kappa shape index (κ2) is 6.15. The number of hydrogen-bond donors (Lipinski definition) is 1. The van der Waals surface area contributed by atoms with Crippen molar-refractivity contribution in [1.82, 2.24) is 4.90 Å². The van der Waals surface area contributed by atoms with Crippen LogP contribution in [-0.2, 0) is 19.1 Å². The third-order valence-electron chi connectivity index (χ3n) is 1.86. The van der Waals surface area contributed by atoms with Gasteiger partial charge in [-0.2, -0.15) is 0 Å². The molecule has 1 heterocycles. The first-order valence-electron chi connectivity index (χ1n) is 4.56. The Morgan fingerprint density at radius 3 is 2.60 bits per heavy atom. The maximum atomic E-state index is 11.0. The molecule has 0 radical (unpaired) electrons. The Labute approximate surface area is 87.1 Å². The van der Waals surface area contributed by atoms with E-state index >= 15 is 0 Å². The van der Waals surface area contributed by atoms with Gasteiger partial charge in [-0.1, -0.05) is 0 Å². The zero-order valence-electron chi connectivity index (χ0n) is 8.22. The minimum absolute atomic E-state index is 0.173. The molecule has 84 valence electrons. The summed E-state index contributed by atoms with van der Waals surface area (Å²) in [4.78, 5) is 23.0. The first kappa shape index (κ1) is 11.7. The van der Waals surface area contributed by atoms with Crippen molar-refractivity contribution >= 4 is 11.9 Å². The van der Waals surface area contributed by atoms with Gasteiger partial charge >= 0.3 is 11.9 Å². The van der Waals surface area contributed by atoms with Gasteiger partial charge in [0, 0.05) is 25.2 Å². The maximum absolute atomic E-state index is 11.0. The molecule has 0 spiro atoms. The molecule has 1 aliphatic rings. The molecule has 0 aromatic carbocycles. The van der Waals surface area contributed by atoms with E-state index in [9.17, 15) is 9.59 Å². The van der Waals surface area contributed by atoms with Crippen molar-refractivity contribution < 1.29 is 24.2 Å². The van der Waals surface area contributed by atoms with E-state index in [0.29, 0.717) is 13.2 Å². The molecule has 6 heteroatoms. The van der Waals surface area contributed by atoms with Crippen molar-refractivity contribution in [3.05, 3.63) is 12.2 Å². The number of carboxylic acids is 1. The molecule has 1 rings (SSSR count). The topological polar surface area (TPSA) is 76.1 Å². The summed E-state index contributed by atoms with van der Waals surface area (Å²) >= 11 is 0. The second-order valence-corrected chi connectivity index (χ2v) is 2.99. The van der Waals surface area contributed by atoms with E-state index in [2.05, 4.69) is 0 Å². The van der Waals surface area contributed by atoms with Crippen LogP contribution in [0.4, 0.5) is 0 Å². The van der Waals surface area contributed by atoms with Gasteiger partial charge < -0.3 is 14.6 Å². The van der Waals surface area contributed by atoms with Gasteiger partial charge in [0.1, 0.15) is 6.73 Å². The number of esters is 1. The van der Waals surface area contributed by atoms with Crippen LogP contribution in [0.15, 0.2) is 12.2 Å². The fourth-order valence-corrected chi connectivity index (χ4v) is 1.07. The van der Waals surface area contributed by atoms with E-state index in [1.165, 1.54) is 0 Å². The fourth-order valence-electron chi connectivity index (χ4n) is 1.07. The second-order valence-electron chi connectivity index (χ2n) is 2.99. The van der Waals surface area contributed by atoms with E-state index < -0.39 is 11.9 Å². The molecule has 0 aromatic rings. The van der Waals surface area contributed by atoms with Gasteiger partial charge in [-0.25, -0.2) is 9.59 Å². The standard InChI is InChI=1S/C9H13NO5/c11-8(12)1-2-9(13)15-7-10-3-5-14-6-4-10/h1-2H,3-7H2,(H,11,12)/b2-1+. The number of carbonyl (C=O) groups is 2. The average molecular weight is 215 g/mol. The minimum atomic E-state index is -1.17. The van der Waals surface area contributed by atoms with E-state index in [1.807, 2.05) is 4.90 Å². The number of rotatable bonds is 4. The monoisotopic (exact) mass is 215 g/mol. The summed E-state index contributed by atoms with van der Waals surface area (Å²) in [5.41, 5.74) is 0. The van der Waals surface area contributed by atoms with Gasteiger partial charge in [0.2, 0.25) is 0 Å². The molecule has 0 atom stereocenters. The molecule has 0 amide bonds. The quantitative estimate of drug-likeness (QED) is 0.501. The smallest absolute Gasteiger partial charge is 0.332 e. The van der Waals surface area contributed by atoms with E-state index in [1.54, 1.807) is 0 Å². The molecule has 0 aliphatic carbocycles. The Morgan fingerprint density at radius 1 is 1.33 bits per heavy atom. The largest absolute Gasteiger partial charge is 0.478 e.